The minimum atomic E-state index is -3.78. The molecule has 0 aliphatic rings. The van der Waals surface area contributed by atoms with Crippen molar-refractivity contribution in [3.05, 3.63) is 95.2 Å². The van der Waals surface area contributed by atoms with E-state index in [1.54, 1.807) is 6.07 Å². The van der Waals surface area contributed by atoms with Gasteiger partial charge in [0.15, 0.2) is 0 Å². The molecule has 3 aromatic carbocycles. The first-order valence-corrected chi connectivity index (χ1v) is 11.8. The number of aryl methyl sites for hydroxylation is 3. The topological polar surface area (TPSA) is 101 Å². The number of carbonyl (C=O) groups excluding carboxylic acids is 1. The molecule has 0 saturated heterocycles. The van der Waals surface area contributed by atoms with Gasteiger partial charge in [-0.1, -0.05) is 53.2 Å². The van der Waals surface area contributed by atoms with Crippen LogP contribution in [0.1, 0.15) is 27.2 Å². The van der Waals surface area contributed by atoms with E-state index in [-0.39, 0.29) is 10.7 Å². The predicted octanol–water partition coefficient (Wildman–Crippen LogP) is 5.32. The molecular formula is C25H23N3O4S. The summed E-state index contributed by atoms with van der Waals surface area (Å²) in [6.07, 6.45) is 0. The third kappa shape index (κ3) is 4.96. The maximum atomic E-state index is 12.8. The zero-order chi connectivity index (χ0) is 23.6. The Labute approximate surface area is 192 Å². The van der Waals surface area contributed by atoms with Crippen LogP contribution in [0.2, 0.25) is 0 Å². The van der Waals surface area contributed by atoms with Crippen LogP contribution in [0.15, 0.2) is 82.2 Å². The second-order valence-corrected chi connectivity index (χ2v) is 9.48. The van der Waals surface area contributed by atoms with Crippen LogP contribution in [0.3, 0.4) is 0 Å². The number of nitrogens with one attached hydrogen (secondary N) is 2. The first-order chi connectivity index (χ1) is 15.7. The Bertz CT molecular complexity index is 1390. The summed E-state index contributed by atoms with van der Waals surface area (Å²) in [5.41, 5.74) is 5.17. The Hall–Kier alpha value is -3.91. The number of rotatable bonds is 6. The number of aromatic nitrogens is 1. The van der Waals surface area contributed by atoms with Crippen LogP contribution in [0, 0.1) is 20.8 Å². The summed E-state index contributed by atoms with van der Waals surface area (Å²) in [6.45, 7) is 5.68. The van der Waals surface area contributed by atoms with Crippen LogP contribution in [0.5, 0.6) is 0 Å². The Morgan fingerprint density at radius 2 is 1.52 bits per heavy atom. The maximum absolute atomic E-state index is 12.8. The fraction of sp³-hybridized carbons (Fsp3) is 0.120. The van der Waals surface area contributed by atoms with E-state index >= 15 is 0 Å². The van der Waals surface area contributed by atoms with Crippen molar-refractivity contribution < 1.29 is 17.7 Å². The first kappa shape index (κ1) is 22.3. The summed E-state index contributed by atoms with van der Waals surface area (Å²) < 4.78 is 33.4. The van der Waals surface area contributed by atoms with Crippen molar-refractivity contribution in [3.63, 3.8) is 0 Å². The SMILES string of the molecule is Cc1ccc(-c2cc(C(=O)Nc3ccc(S(=O)(=O)Nc4c(C)cccc4C)cc3)on2)cc1. The molecule has 0 spiro atoms. The number of carbonyl (C=O) groups is 1. The van der Waals surface area contributed by atoms with E-state index < -0.39 is 15.9 Å². The van der Waals surface area contributed by atoms with Crippen molar-refractivity contribution in [2.24, 2.45) is 0 Å². The van der Waals surface area contributed by atoms with Gasteiger partial charge < -0.3 is 9.84 Å². The fourth-order valence-corrected chi connectivity index (χ4v) is 4.52. The zero-order valence-corrected chi connectivity index (χ0v) is 19.2. The fourth-order valence-electron chi connectivity index (χ4n) is 3.32. The van der Waals surface area contributed by atoms with E-state index in [2.05, 4.69) is 15.2 Å². The van der Waals surface area contributed by atoms with Crippen LogP contribution < -0.4 is 10.0 Å². The van der Waals surface area contributed by atoms with Gasteiger partial charge >= 0.3 is 0 Å². The molecule has 168 valence electrons. The van der Waals surface area contributed by atoms with E-state index in [0.717, 1.165) is 22.3 Å². The lowest BCUT2D eigenvalue weighted by Gasteiger charge is -2.13. The molecule has 0 aliphatic carbocycles. The third-order valence-corrected chi connectivity index (χ3v) is 6.59. The molecule has 0 aliphatic heterocycles. The Morgan fingerprint density at radius 1 is 0.879 bits per heavy atom. The molecule has 8 heteroatoms. The Kier molecular flexibility index (Phi) is 6.02. The quantitative estimate of drug-likeness (QED) is 0.405. The van der Waals surface area contributed by atoms with Gasteiger partial charge in [0, 0.05) is 17.3 Å². The van der Waals surface area contributed by atoms with E-state index in [1.165, 1.54) is 24.3 Å². The molecule has 7 nitrogen and oxygen atoms in total. The van der Waals surface area contributed by atoms with Gasteiger partial charge in [0.1, 0.15) is 5.69 Å². The average molecular weight is 462 g/mol. The van der Waals surface area contributed by atoms with Gasteiger partial charge in [0.05, 0.1) is 10.6 Å². The van der Waals surface area contributed by atoms with Gasteiger partial charge in [-0.2, -0.15) is 0 Å². The Morgan fingerprint density at radius 3 is 2.15 bits per heavy atom. The first-order valence-electron chi connectivity index (χ1n) is 10.3. The molecule has 2 N–H and O–H groups in total. The number of hydrogen-bond donors (Lipinski definition) is 2. The second-order valence-electron chi connectivity index (χ2n) is 7.79. The maximum Gasteiger partial charge on any atom is 0.294 e. The van der Waals surface area contributed by atoms with Crippen molar-refractivity contribution in [2.45, 2.75) is 25.7 Å². The number of para-hydroxylation sites is 1. The van der Waals surface area contributed by atoms with Crippen LogP contribution in [0.4, 0.5) is 11.4 Å². The van der Waals surface area contributed by atoms with E-state index in [0.29, 0.717) is 17.1 Å². The van der Waals surface area contributed by atoms with Gasteiger partial charge in [-0.05, 0) is 56.2 Å². The number of benzene rings is 3. The highest BCUT2D eigenvalue weighted by Gasteiger charge is 2.18. The summed E-state index contributed by atoms with van der Waals surface area (Å²) in [5, 5.41) is 6.65. The molecule has 33 heavy (non-hydrogen) atoms. The molecule has 0 atom stereocenters. The molecule has 1 aromatic heterocycles. The van der Waals surface area contributed by atoms with Crippen molar-refractivity contribution in [2.75, 3.05) is 10.0 Å². The van der Waals surface area contributed by atoms with Crippen molar-refractivity contribution in [1.82, 2.24) is 5.16 Å². The highest BCUT2D eigenvalue weighted by molar-refractivity contribution is 7.92. The summed E-state index contributed by atoms with van der Waals surface area (Å²) in [5.74, 6) is -0.427. The number of amides is 1. The number of hydrogen-bond acceptors (Lipinski definition) is 5. The predicted molar refractivity (Wildman–Crippen MR) is 128 cm³/mol. The van der Waals surface area contributed by atoms with Crippen molar-refractivity contribution >= 4 is 27.3 Å². The van der Waals surface area contributed by atoms with E-state index in [1.807, 2.05) is 63.2 Å². The molecule has 0 bridgehead atoms. The highest BCUT2D eigenvalue weighted by atomic mass is 32.2. The molecule has 4 aromatic rings. The average Bonchev–Trinajstić information content (AvgIpc) is 3.28. The standard InChI is InChI=1S/C25H23N3O4S/c1-16-7-9-19(10-8-16)22-15-23(32-27-22)25(29)26-20-11-13-21(14-12-20)33(30,31)28-24-17(2)5-4-6-18(24)3/h4-15,28H,1-3H3,(H,26,29). The molecule has 1 amide bonds. The lowest BCUT2D eigenvalue weighted by Crippen LogP contribution is -2.15. The smallest absolute Gasteiger partial charge is 0.294 e. The van der Waals surface area contributed by atoms with Crippen molar-refractivity contribution in [1.29, 1.82) is 0 Å². The number of nitrogens with zero attached hydrogens (tertiary/aromatic N) is 1. The van der Waals surface area contributed by atoms with Crippen LogP contribution >= 0.6 is 0 Å². The summed E-state index contributed by atoms with van der Waals surface area (Å²) in [6, 6.07) is 20.8. The number of sulfonamides is 1. The Balaban J connectivity index is 1.46. The lowest BCUT2D eigenvalue weighted by atomic mass is 10.1. The molecule has 0 unspecified atom stereocenters. The summed E-state index contributed by atoms with van der Waals surface area (Å²) in [4.78, 5) is 12.6. The lowest BCUT2D eigenvalue weighted by molar-refractivity contribution is 0.0988. The van der Waals surface area contributed by atoms with Gasteiger partial charge in [-0.25, -0.2) is 8.42 Å². The molecule has 4 rings (SSSR count). The zero-order valence-electron chi connectivity index (χ0n) is 18.4. The molecule has 0 saturated carbocycles. The molecule has 1 heterocycles. The molecule has 0 fully saturated rings. The highest BCUT2D eigenvalue weighted by Crippen LogP contribution is 2.25. The van der Waals surface area contributed by atoms with Crippen molar-refractivity contribution in [3.8, 4) is 11.3 Å². The van der Waals surface area contributed by atoms with Crippen LogP contribution in [0.25, 0.3) is 11.3 Å². The monoisotopic (exact) mass is 461 g/mol. The van der Waals surface area contributed by atoms with Gasteiger partial charge in [0.25, 0.3) is 15.9 Å². The van der Waals surface area contributed by atoms with Gasteiger partial charge in [-0.3, -0.25) is 9.52 Å². The van der Waals surface area contributed by atoms with E-state index in [4.69, 9.17) is 4.52 Å². The minimum Gasteiger partial charge on any atom is -0.350 e. The normalized spacial score (nSPS) is 11.2. The van der Waals surface area contributed by atoms with Crippen LogP contribution in [-0.4, -0.2) is 19.5 Å². The minimum absolute atomic E-state index is 0.0546. The summed E-state index contributed by atoms with van der Waals surface area (Å²) >= 11 is 0. The third-order valence-electron chi connectivity index (χ3n) is 5.22. The molecule has 0 radical (unpaired) electrons. The van der Waals surface area contributed by atoms with Crippen LogP contribution in [-0.2, 0) is 10.0 Å². The molecular weight excluding hydrogens is 438 g/mol. The summed E-state index contributed by atoms with van der Waals surface area (Å²) in [7, 11) is -3.78. The largest absolute Gasteiger partial charge is 0.350 e. The second kappa shape index (κ2) is 8.91. The van der Waals surface area contributed by atoms with Gasteiger partial charge in [-0.15, -0.1) is 0 Å². The number of anilines is 2. The van der Waals surface area contributed by atoms with Gasteiger partial charge in [0.2, 0.25) is 5.76 Å². The van der Waals surface area contributed by atoms with E-state index in [9.17, 15) is 13.2 Å².